The Bertz CT molecular complexity index is 1970. The number of nitrogens with one attached hydrogen (secondary N) is 4. The number of benzene rings is 4. The molecule has 2 heterocycles. The molecule has 12 heteroatoms. The summed E-state index contributed by atoms with van der Waals surface area (Å²) in [5, 5.41) is 19.4. The predicted molar refractivity (Wildman–Crippen MR) is 203 cm³/mol. The van der Waals surface area contributed by atoms with Gasteiger partial charge in [-0.3, -0.25) is 14.9 Å². The van der Waals surface area contributed by atoms with E-state index in [1.54, 1.807) is 6.07 Å². The first-order valence-electron chi connectivity index (χ1n) is 16.3. The number of likely N-dealkylation sites (tertiary alicyclic amines) is 1. The monoisotopic (exact) mass is 791 g/mol. The number of aromatic hydroxyl groups is 1. The summed E-state index contributed by atoms with van der Waals surface area (Å²) in [7, 11) is 0. The number of phenols is 1. The number of carbonyl (C=O) groups excluding carboxylic acids is 2. The molecule has 0 spiro atoms. The topological polar surface area (TPSA) is 136 Å². The lowest BCUT2D eigenvalue weighted by atomic mass is 10.0. The largest absolute Gasteiger partial charge is 0.506 e. The number of carbonyl (C=O) groups is 2. The molecule has 10 nitrogen and oxygen atoms in total. The summed E-state index contributed by atoms with van der Waals surface area (Å²) in [5.41, 5.74) is 6.07. The third kappa shape index (κ3) is 9.26. The molecule has 0 saturated carbocycles. The predicted octanol–water partition coefficient (Wildman–Crippen LogP) is 6.94. The average molecular weight is 792 g/mol. The van der Waals surface area contributed by atoms with Crippen molar-refractivity contribution in [1.29, 1.82) is 0 Å². The SMILES string of the molecule is O=C(CCN1CCC(OC(=O)Nc2ccccc2-c2ccccc2)CC1)Nc1ccc(CNCCc2ccc(O)c3[nH]c(=O)sc23)cc1I. The van der Waals surface area contributed by atoms with Gasteiger partial charge in [0, 0.05) is 41.7 Å². The van der Waals surface area contributed by atoms with Gasteiger partial charge in [-0.15, -0.1) is 0 Å². The van der Waals surface area contributed by atoms with E-state index in [9.17, 15) is 19.5 Å². The first-order chi connectivity index (χ1) is 23.8. The van der Waals surface area contributed by atoms with Crippen molar-refractivity contribution in [3.63, 3.8) is 0 Å². The van der Waals surface area contributed by atoms with Crippen LogP contribution in [0, 0.1) is 3.57 Å². The molecule has 1 aliphatic heterocycles. The number of thiazole rings is 1. The second-order valence-electron chi connectivity index (χ2n) is 12.0. The van der Waals surface area contributed by atoms with Gasteiger partial charge in [0.25, 0.3) is 0 Å². The fourth-order valence-electron chi connectivity index (χ4n) is 5.97. The van der Waals surface area contributed by atoms with E-state index in [-0.39, 0.29) is 22.6 Å². The van der Waals surface area contributed by atoms with Crippen molar-refractivity contribution in [2.24, 2.45) is 0 Å². The van der Waals surface area contributed by atoms with E-state index in [4.69, 9.17) is 4.74 Å². The fourth-order valence-corrected chi connectivity index (χ4v) is 7.58. The molecule has 49 heavy (non-hydrogen) atoms. The lowest BCUT2D eigenvalue weighted by Crippen LogP contribution is -2.39. The second-order valence-corrected chi connectivity index (χ2v) is 14.1. The molecular formula is C37H38IN5O5S. The zero-order chi connectivity index (χ0) is 34.2. The number of fused-ring (bicyclic) bond motifs is 1. The number of para-hydroxylation sites is 1. The number of phenolic OH excluding ortho intramolecular Hbond substituents is 1. The van der Waals surface area contributed by atoms with Crippen LogP contribution in [-0.2, 0) is 22.5 Å². The van der Waals surface area contributed by atoms with Crippen LogP contribution in [0.4, 0.5) is 16.2 Å². The van der Waals surface area contributed by atoms with Gasteiger partial charge in [0.15, 0.2) is 0 Å². The lowest BCUT2D eigenvalue weighted by Gasteiger charge is -2.31. The quantitative estimate of drug-likeness (QED) is 0.0683. The molecule has 5 aromatic rings. The van der Waals surface area contributed by atoms with Gasteiger partial charge in [-0.05, 0) is 89.4 Å². The van der Waals surface area contributed by atoms with Gasteiger partial charge < -0.3 is 30.4 Å². The number of amides is 2. The van der Waals surface area contributed by atoms with Crippen molar-refractivity contribution in [3.8, 4) is 16.9 Å². The number of piperidine rings is 1. The molecule has 0 aliphatic carbocycles. The van der Waals surface area contributed by atoms with E-state index in [2.05, 4.69) is 54.5 Å². The zero-order valence-electron chi connectivity index (χ0n) is 26.8. The summed E-state index contributed by atoms with van der Waals surface area (Å²) in [5.74, 6) is 0.0492. The minimum absolute atomic E-state index is 0.0362. The van der Waals surface area contributed by atoms with Crippen LogP contribution < -0.4 is 20.8 Å². The standard InChI is InChI=1S/C37H38IN5O5S/c38-29-22-24(23-39-18-14-26-11-13-32(44)34-35(26)49-37(47)42-34)10-12-31(29)40-33(45)17-21-43-19-15-27(16-20-43)48-36(46)41-30-9-5-4-8-28(30)25-6-2-1-3-7-25/h1-13,22,27,39,44H,14-21,23H2,(H,40,45)(H,41,46)(H,42,47). The number of nitrogens with zero attached hydrogens (tertiary/aromatic N) is 1. The summed E-state index contributed by atoms with van der Waals surface area (Å²) in [6.07, 6.45) is 1.91. The van der Waals surface area contributed by atoms with Crippen LogP contribution in [0.5, 0.6) is 5.75 Å². The zero-order valence-corrected chi connectivity index (χ0v) is 29.8. The number of halogens is 1. The molecule has 6 rings (SSSR count). The Kier molecular flexibility index (Phi) is 11.6. The van der Waals surface area contributed by atoms with Gasteiger partial charge in [-0.1, -0.05) is 72.0 Å². The molecular weight excluding hydrogens is 753 g/mol. The molecule has 1 aliphatic rings. The highest BCUT2D eigenvalue weighted by atomic mass is 127. The smallest absolute Gasteiger partial charge is 0.411 e. The highest BCUT2D eigenvalue weighted by Crippen LogP contribution is 2.29. The number of aromatic amines is 1. The molecule has 254 valence electrons. The van der Waals surface area contributed by atoms with E-state index in [1.807, 2.05) is 72.8 Å². The number of hydrogen-bond acceptors (Lipinski definition) is 8. The van der Waals surface area contributed by atoms with Crippen molar-refractivity contribution in [1.82, 2.24) is 15.2 Å². The molecule has 4 aromatic carbocycles. The minimum Gasteiger partial charge on any atom is -0.506 e. The Balaban J connectivity index is 0.891. The summed E-state index contributed by atoms with van der Waals surface area (Å²) in [6, 6.07) is 27.1. The Hall–Kier alpha value is -4.24. The van der Waals surface area contributed by atoms with Crippen molar-refractivity contribution >= 4 is 67.5 Å². The van der Waals surface area contributed by atoms with E-state index in [0.717, 1.165) is 79.9 Å². The molecule has 0 atom stereocenters. The Labute approximate surface area is 302 Å². The van der Waals surface area contributed by atoms with E-state index in [1.165, 1.54) is 0 Å². The number of H-pyrrole nitrogens is 1. The number of rotatable bonds is 12. The van der Waals surface area contributed by atoms with E-state index < -0.39 is 6.09 Å². The minimum atomic E-state index is -0.453. The van der Waals surface area contributed by atoms with E-state index >= 15 is 0 Å². The lowest BCUT2D eigenvalue weighted by molar-refractivity contribution is -0.116. The van der Waals surface area contributed by atoms with Crippen molar-refractivity contribution in [3.05, 3.63) is 109 Å². The highest BCUT2D eigenvalue weighted by Gasteiger charge is 2.23. The molecule has 0 radical (unpaired) electrons. The molecule has 0 bridgehead atoms. The van der Waals surface area contributed by atoms with Gasteiger partial charge in [0.05, 0.1) is 16.1 Å². The Morgan fingerprint density at radius 3 is 2.53 bits per heavy atom. The van der Waals surface area contributed by atoms with Crippen molar-refractivity contribution in [2.75, 3.05) is 36.8 Å². The van der Waals surface area contributed by atoms with Gasteiger partial charge in [0.1, 0.15) is 17.4 Å². The van der Waals surface area contributed by atoms with Gasteiger partial charge in [-0.2, -0.15) is 0 Å². The number of anilines is 2. The number of aromatic nitrogens is 1. The second kappa shape index (κ2) is 16.4. The summed E-state index contributed by atoms with van der Waals surface area (Å²) < 4.78 is 7.51. The Morgan fingerprint density at radius 1 is 0.959 bits per heavy atom. The van der Waals surface area contributed by atoms with Crippen LogP contribution >= 0.6 is 33.9 Å². The molecule has 1 saturated heterocycles. The maximum Gasteiger partial charge on any atom is 0.411 e. The van der Waals surface area contributed by atoms with Crippen LogP contribution in [0.3, 0.4) is 0 Å². The first-order valence-corrected chi connectivity index (χ1v) is 18.2. The highest BCUT2D eigenvalue weighted by molar-refractivity contribution is 14.1. The molecule has 1 fully saturated rings. The fraction of sp³-hybridized carbons (Fsp3) is 0.270. The molecule has 2 amide bonds. The van der Waals surface area contributed by atoms with Crippen LogP contribution in [-0.4, -0.2) is 59.3 Å². The molecule has 1 aromatic heterocycles. The normalized spacial score (nSPS) is 13.7. The maximum absolute atomic E-state index is 12.8. The number of ether oxygens (including phenoxy) is 1. The summed E-state index contributed by atoms with van der Waals surface area (Å²) in [6.45, 7) is 3.53. The Morgan fingerprint density at radius 2 is 1.73 bits per heavy atom. The first kappa shape index (κ1) is 34.6. The summed E-state index contributed by atoms with van der Waals surface area (Å²) >= 11 is 3.36. The summed E-state index contributed by atoms with van der Waals surface area (Å²) in [4.78, 5) is 42.0. The third-order valence-corrected chi connectivity index (χ3v) is 10.4. The van der Waals surface area contributed by atoms with Crippen LogP contribution in [0.25, 0.3) is 21.3 Å². The van der Waals surface area contributed by atoms with Crippen LogP contribution in [0.1, 0.15) is 30.4 Å². The average Bonchev–Trinajstić information content (AvgIpc) is 3.51. The third-order valence-electron chi connectivity index (χ3n) is 8.56. The number of hydrogen-bond donors (Lipinski definition) is 5. The van der Waals surface area contributed by atoms with Crippen LogP contribution in [0.2, 0.25) is 0 Å². The molecule has 5 N–H and O–H groups in total. The van der Waals surface area contributed by atoms with Gasteiger partial charge in [0.2, 0.25) is 5.91 Å². The maximum atomic E-state index is 12.8. The van der Waals surface area contributed by atoms with Crippen molar-refractivity contribution < 1.29 is 19.4 Å². The van der Waals surface area contributed by atoms with Gasteiger partial charge in [-0.25, -0.2) is 4.79 Å². The van der Waals surface area contributed by atoms with Crippen molar-refractivity contribution in [2.45, 2.75) is 38.3 Å². The molecule has 0 unspecified atom stereocenters. The van der Waals surface area contributed by atoms with E-state index in [0.29, 0.717) is 37.3 Å². The van der Waals surface area contributed by atoms with Gasteiger partial charge >= 0.3 is 11.0 Å². The van der Waals surface area contributed by atoms with Crippen LogP contribution in [0.15, 0.2) is 89.7 Å².